The van der Waals surface area contributed by atoms with Crippen molar-refractivity contribution in [3.05, 3.63) is 34.6 Å². The van der Waals surface area contributed by atoms with E-state index in [0.717, 1.165) is 5.56 Å². The van der Waals surface area contributed by atoms with Crippen LogP contribution < -0.4 is 0 Å². The van der Waals surface area contributed by atoms with Crippen LogP contribution in [0.4, 0.5) is 4.39 Å². The second-order valence-corrected chi connectivity index (χ2v) is 2.87. The Kier molecular flexibility index (Phi) is 3.62. The molecule has 1 rings (SSSR count). The predicted molar refractivity (Wildman–Crippen MR) is 48.1 cm³/mol. The van der Waals surface area contributed by atoms with Crippen molar-refractivity contribution >= 4 is 17.7 Å². The van der Waals surface area contributed by atoms with Crippen LogP contribution in [-0.2, 0) is 11.2 Å². The van der Waals surface area contributed by atoms with Gasteiger partial charge in [-0.05, 0) is 24.1 Å². The third kappa shape index (κ3) is 2.98. The Bertz CT molecular complexity index is 347. The maximum atomic E-state index is 12.6. The Labute approximate surface area is 80.1 Å². The Balaban J connectivity index is 2.71. The van der Waals surface area contributed by atoms with Gasteiger partial charge < -0.3 is 0 Å². The summed E-state index contributed by atoms with van der Waals surface area (Å²) in [5.74, 6) is -0.368. The first-order chi connectivity index (χ1) is 6.24. The van der Waals surface area contributed by atoms with Crippen LogP contribution in [-0.4, -0.2) is 12.6 Å². The van der Waals surface area contributed by atoms with E-state index in [1.807, 2.05) is 0 Å². The van der Waals surface area contributed by atoms with Crippen molar-refractivity contribution in [1.82, 2.24) is 0 Å². The van der Waals surface area contributed by atoms with Gasteiger partial charge in [0.1, 0.15) is 5.82 Å². The molecule has 13 heavy (non-hydrogen) atoms. The maximum absolute atomic E-state index is 12.6. The van der Waals surface area contributed by atoms with Gasteiger partial charge in [-0.2, -0.15) is 0 Å². The summed E-state index contributed by atoms with van der Waals surface area (Å²) in [4.78, 5) is 13.1. The lowest BCUT2D eigenvalue weighted by atomic mass is 10.1. The maximum Gasteiger partial charge on any atom is 0.234 e. The van der Waals surface area contributed by atoms with Crippen molar-refractivity contribution in [3.8, 4) is 0 Å². The molecule has 0 aliphatic rings. The van der Waals surface area contributed by atoms with Gasteiger partial charge in [-0.3, -0.25) is 0 Å². The van der Waals surface area contributed by atoms with Gasteiger partial charge in [0.25, 0.3) is 0 Å². The summed E-state index contributed by atoms with van der Waals surface area (Å²) in [6.07, 6.45) is 1.95. The normalized spacial score (nSPS) is 9.38. The van der Waals surface area contributed by atoms with Crippen molar-refractivity contribution in [2.24, 2.45) is 4.99 Å². The second-order valence-electron chi connectivity index (χ2n) is 2.46. The zero-order chi connectivity index (χ0) is 9.68. The number of hydrogen-bond acceptors (Lipinski definition) is 2. The van der Waals surface area contributed by atoms with Crippen molar-refractivity contribution < 1.29 is 9.18 Å². The number of halogens is 2. The van der Waals surface area contributed by atoms with Gasteiger partial charge in [-0.1, -0.05) is 17.7 Å². The first kappa shape index (κ1) is 9.90. The Morgan fingerprint density at radius 2 is 2.31 bits per heavy atom. The highest BCUT2D eigenvalue weighted by Gasteiger charge is 2.00. The van der Waals surface area contributed by atoms with E-state index in [4.69, 9.17) is 11.6 Å². The SMILES string of the molecule is O=C=NCCc1ccc(F)cc1Cl. The Morgan fingerprint density at radius 3 is 2.92 bits per heavy atom. The van der Waals surface area contributed by atoms with Crippen LogP contribution >= 0.6 is 11.6 Å². The van der Waals surface area contributed by atoms with E-state index in [1.165, 1.54) is 18.2 Å². The smallest absolute Gasteiger partial charge is 0.211 e. The molecule has 0 amide bonds. The van der Waals surface area contributed by atoms with Crippen LogP contribution in [0.25, 0.3) is 0 Å². The average Bonchev–Trinajstić information content (AvgIpc) is 2.09. The van der Waals surface area contributed by atoms with Crippen molar-refractivity contribution in [2.75, 3.05) is 6.54 Å². The lowest BCUT2D eigenvalue weighted by molar-refractivity contribution is 0.563. The van der Waals surface area contributed by atoms with E-state index in [0.29, 0.717) is 18.0 Å². The molecule has 0 fully saturated rings. The fourth-order valence-electron chi connectivity index (χ4n) is 0.946. The minimum atomic E-state index is -0.368. The minimum Gasteiger partial charge on any atom is -0.211 e. The molecular weight excluding hydrogens is 193 g/mol. The number of aliphatic imine (C=N–C) groups is 1. The van der Waals surface area contributed by atoms with Gasteiger partial charge >= 0.3 is 0 Å². The van der Waals surface area contributed by atoms with E-state index < -0.39 is 0 Å². The van der Waals surface area contributed by atoms with Crippen LogP contribution in [0.15, 0.2) is 23.2 Å². The molecule has 0 saturated heterocycles. The van der Waals surface area contributed by atoms with E-state index >= 15 is 0 Å². The molecule has 0 heterocycles. The Hall–Kier alpha value is -1.18. The largest absolute Gasteiger partial charge is 0.234 e. The third-order valence-corrected chi connectivity index (χ3v) is 1.92. The number of hydrogen-bond donors (Lipinski definition) is 0. The summed E-state index contributed by atoms with van der Waals surface area (Å²) in [6, 6.07) is 4.14. The number of nitrogens with zero attached hydrogens (tertiary/aromatic N) is 1. The molecule has 0 saturated carbocycles. The van der Waals surface area contributed by atoms with Gasteiger partial charge in [0.15, 0.2) is 0 Å². The van der Waals surface area contributed by atoms with Gasteiger partial charge in [0, 0.05) is 5.02 Å². The van der Waals surface area contributed by atoms with Crippen molar-refractivity contribution in [1.29, 1.82) is 0 Å². The predicted octanol–water partition coefficient (Wildman–Crippen LogP) is 2.36. The molecule has 0 radical (unpaired) electrons. The molecule has 68 valence electrons. The standard InChI is InChI=1S/C9H7ClFNO/c10-9-5-8(11)2-1-7(9)3-4-12-6-13/h1-2,5H,3-4H2. The van der Waals surface area contributed by atoms with Crippen LogP contribution in [0.1, 0.15) is 5.56 Å². The molecule has 0 aliphatic heterocycles. The van der Waals surface area contributed by atoms with Crippen LogP contribution in [0.2, 0.25) is 5.02 Å². The number of carbonyl (C=O) groups excluding carboxylic acids is 1. The first-order valence-electron chi connectivity index (χ1n) is 3.71. The lowest BCUT2D eigenvalue weighted by Gasteiger charge is -2.00. The summed E-state index contributed by atoms with van der Waals surface area (Å²) in [5, 5.41) is 0.362. The monoisotopic (exact) mass is 199 g/mol. The molecule has 4 heteroatoms. The van der Waals surface area contributed by atoms with Gasteiger partial charge in [0.2, 0.25) is 6.08 Å². The molecule has 0 unspecified atom stereocenters. The fraction of sp³-hybridized carbons (Fsp3) is 0.222. The fourth-order valence-corrected chi connectivity index (χ4v) is 1.21. The van der Waals surface area contributed by atoms with Gasteiger partial charge in [-0.25, -0.2) is 14.2 Å². The summed E-state index contributed by atoms with van der Waals surface area (Å²) >= 11 is 5.73. The molecule has 0 bridgehead atoms. The number of benzene rings is 1. The highest BCUT2D eigenvalue weighted by molar-refractivity contribution is 6.31. The molecule has 0 spiro atoms. The molecule has 2 nitrogen and oxygen atoms in total. The molecule has 0 N–H and O–H groups in total. The van der Waals surface area contributed by atoms with E-state index in [2.05, 4.69) is 4.99 Å². The van der Waals surface area contributed by atoms with E-state index in [-0.39, 0.29) is 5.82 Å². The van der Waals surface area contributed by atoms with Crippen LogP contribution in [0.3, 0.4) is 0 Å². The zero-order valence-electron chi connectivity index (χ0n) is 6.76. The topological polar surface area (TPSA) is 29.4 Å². The third-order valence-electron chi connectivity index (χ3n) is 1.57. The molecule has 0 aromatic heterocycles. The van der Waals surface area contributed by atoms with E-state index in [9.17, 15) is 9.18 Å². The molecule has 1 aromatic carbocycles. The van der Waals surface area contributed by atoms with Crippen LogP contribution in [0.5, 0.6) is 0 Å². The van der Waals surface area contributed by atoms with E-state index in [1.54, 1.807) is 6.07 Å². The number of isocyanates is 1. The summed E-state index contributed by atoms with van der Waals surface area (Å²) in [6.45, 7) is 0.328. The average molecular weight is 200 g/mol. The summed E-state index contributed by atoms with van der Waals surface area (Å²) in [7, 11) is 0. The van der Waals surface area contributed by atoms with Gasteiger partial charge in [0.05, 0.1) is 6.54 Å². The summed E-state index contributed by atoms with van der Waals surface area (Å²) in [5.41, 5.74) is 0.780. The molecule has 1 aromatic rings. The molecule has 0 aliphatic carbocycles. The van der Waals surface area contributed by atoms with Crippen LogP contribution in [0, 0.1) is 5.82 Å². The lowest BCUT2D eigenvalue weighted by Crippen LogP contribution is -1.91. The minimum absolute atomic E-state index is 0.328. The number of rotatable bonds is 3. The Morgan fingerprint density at radius 1 is 1.54 bits per heavy atom. The summed E-state index contributed by atoms with van der Waals surface area (Å²) < 4.78 is 12.6. The molecule has 0 atom stereocenters. The van der Waals surface area contributed by atoms with Crippen molar-refractivity contribution in [2.45, 2.75) is 6.42 Å². The quantitative estimate of drug-likeness (QED) is 0.543. The first-order valence-corrected chi connectivity index (χ1v) is 4.09. The highest BCUT2D eigenvalue weighted by atomic mass is 35.5. The van der Waals surface area contributed by atoms with Gasteiger partial charge in [-0.15, -0.1) is 0 Å². The second kappa shape index (κ2) is 4.75. The van der Waals surface area contributed by atoms with Crippen molar-refractivity contribution in [3.63, 3.8) is 0 Å². The highest BCUT2D eigenvalue weighted by Crippen LogP contribution is 2.17. The molecular formula is C9H7ClFNO. The zero-order valence-corrected chi connectivity index (χ0v) is 7.51.